The second kappa shape index (κ2) is 3.30. The zero-order valence-corrected chi connectivity index (χ0v) is 7.81. The SMILES string of the molecule is NCn1cnc2c1CCN(C(N)=O)C2. The number of fused-ring (bicyclic) bond motifs is 1. The lowest BCUT2D eigenvalue weighted by Crippen LogP contribution is -2.40. The van der Waals surface area contributed by atoms with Gasteiger partial charge < -0.3 is 20.9 Å². The summed E-state index contributed by atoms with van der Waals surface area (Å²) in [5.74, 6) is 0. The molecule has 0 unspecified atom stereocenters. The predicted octanol–water partition coefficient (Wildman–Crippen LogP) is -0.764. The zero-order valence-electron chi connectivity index (χ0n) is 7.81. The molecule has 0 radical (unpaired) electrons. The molecule has 0 aromatic carbocycles. The predicted molar refractivity (Wildman–Crippen MR) is 50.1 cm³/mol. The van der Waals surface area contributed by atoms with Gasteiger partial charge in [-0.05, 0) is 0 Å². The van der Waals surface area contributed by atoms with Crippen LogP contribution < -0.4 is 11.5 Å². The van der Waals surface area contributed by atoms with Gasteiger partial charge in [0.05, 0.1) is 25.2 Å². The van der Waals surface area contributed by atoms with Gasteiger partial charge in [-0.3, -0.25) is 0 Å². The molecule has 0 spiro atoms. The number of hydrogen-bond acceptors (Lipinski definition) is 3. The molecule has 0 fully saturated rings. The summed E-state index contributed by atoms with van der Waals surface area (Å²) in [6.45, 7) is 1.57. The van der Waals surface area contributed by atoms with Gasteiger partial charge in [0.25, 0.3) is 0 Å². The lowest BCUT2D eigenvalue weighted by Gasteiger charge is -2.25. The van der Waals surface area contributed by atoms with E-state index in [1.165, 1.54) is 0 Å². The summed E-state index contributed by atoms with van der Waals surface area (Å²) in [7, 11) is 0. The maximum atomic E-state index is 10.9. The number of imidazole rings is 1. The fourth-order valence-corrected chi connectivity index (χ4v) is 1.72. The first kappa shape index (κ1) is 9.01. The van der Waals surface area contributed by atoms with Gasteiger partial charge in [0.1, 0.15) is 0 Å². The van der Waals surface area contributed by atoms with Crippen LogP contribution >= 0.6 is 0 Å². The average molecular weight is 195 g/mol. The second-order valence-corrected chi connectivity index (χ2v) is 3.30. The third-order valence-corrected chi connectivity index (χ3v) is 2.50. The highest BCUT2D eigenvalue weighted by atomic mass is 16.2. The van der Waals surface area contributed by atoms with Gasteiger partial charge in [0.2, 0.25) is 0 Å². The van der Waals surface area contributed by atoms with E-state index in [9.17, 15) is 4.79 Å². The number of carbonyl (C=O) groups excluding carboxylic acids is 1. The zero-order chi connectivity index (χ0) is 10.1. The molecule has 1 aliphatic rings. The number of aromatic nitrogens is 2. The summed E-state index contributed by atoms with van der Waals surface area (Å²) in [6, 6.07) is -0.391. The number of primary amides is 1. The molecule has 1 aliphatic heterocycles. The summed E-state index contributed by atoms with van der Waals surface area (Å²) in [4.78, 5) is 16.7. The summed E-state index contributed by atoms with van der Waals surface area (Å²) in [6.07, 6.45) is 2.48. The van der Waals surface area contributed by atoms with Gasteiger partial charge in [-0.1, -0.05) is 0 Å². The molecule has 76 valence electrons. The van der Waals surface area contributed by atoms with Gasteiger partial charge in [-0.25, -0.2) is 9.78 Å². The van der Waals surface area contributed by atoms with Crippen LogP contribution in [0.1, 0.15) is 11.4 Å². The molecule has 0 bridgehead atoms. The third kappa shape index (κ3) is 1.33. The van der Waals surface area contributed by atoms with Crippen LogP contribution in [0.25, 0.3) is 0 Å². The van der Waals surface area contributed by atoms with Crippen LogP contribution in [0.15, 0.2) is 6.33 Å². The molecule has 0 saturated carbocycles. The van der Waals surface area contributed by atoms with Crippen molar-refractivity contribution in [2.24, 2.45) is 11.5 Å². The van der Waals surface area contributed by atoms with Crippen LogP contribution in [0.3, 0.4) is 0 Å². The number of rotatable bonds is 1. The van der Waals surface area contributed by atoms with Crippen molar-refractivity contribution >= 4 is 6.03 Å². The van der Waals surface area contributed by atoms with Gasteiger partial charge in [0.15, 0.2) is 0 Å². The third-order valence-electron chi connectivity index (χ3n) is 2.50. The summed E-state index contributed by atoms with van der Waals surface area (Å²) in [5.41, 5.74) is 12.7. The minimum absolute atomic E-state index is 0.391. The normalized spacial score (nSPS) is 15.4. The van der Waals surface area contributed by atoms with Gasteiger partial charge in [0, 0.05) is 18.7 Å². The van der Waals surface area contributed by atoms with E-state index in [-0.39, 0.29) is 0 Å². The van der Waals surface area contributed by atoms with Crippen molar-refractivity contribution in [3.8, 4) is 0 Å². The van der Waals surface area contributed by atoms with Crippen LogP contribution in [-0.2, 0) is 19.6 Å². The highest BCUT2D eigenvalue weighted by Crippen LogP contribution is 2.16. The fourth-order valence-electron chi connectivity index (χ4n) is 1.72. The van der Waals surface area contributed by atoms with Crippen LogP contribution in [0.5, 0.6) is 0 Å². The van der Waals surface area contributed by atoms with E-state index in [4.69, 9.17) is 11.5 Å². The number of carbonyl (C=O) groups is 1. The van der Waals surface area contributed by atoms with Crippen molar-refractivity contribution in [1.29, 1.82) is 0 Å². The minimum atomic E-state index is -0.391. The molecule has 14 heavy (non-hydrogen) atoms. The lowest BCUT2D eigenvalue weighted by atomic mass is 10.1. The van der Waals surface area contributed by atoms with E-state index in [1.54, 1.807) is 11.2 Å². The summed E-state index contributed by atoms with van der Waals surface area (Å²) >= 11 is 0. The van der Waals surface area contributed by atoms with E-state index in [0.717, 1.165) is 17.8 Å². The van der Waals surface area contributed by atoms with E-state index >= 15 is 0 Å². The smallest absolute Gasteiger partial charge is 0.315 e. The van der Waals surface area contributed by atoms with Gasteiger partial charge in [-0.15, -0.1) is 0 Å². The van der Waals surface area contributed by atoms with Crippen molar-refractivity contribution in [2.75, 3.05) is 6.54 Å². The van der Waals surface area contributed by atoms with Crippen LogP contribution in [0.4, 0.5) is 4.79 Å². The standard InChI is InChI=1S/C8H13N5O/c9-4-13-5-11-6-3-12(8(10)14)2-1-7(6)13/h5H,1-4,9H2,(H2,10,14). The van der Waals surface area contributed by atoms with Crippen molar-refractivity contribution in [1.82, 2.24) is 14.5 Å². The van der Waals surface area contributed by atoms with E-state index in [2.05, 4.69) is 4.98 Å². The van der Waals surface area contributed by atoms with Gasteiger partial charge in [-0.2, -0.15) is 0 Å². The van der Waals surface area contributed by atoms with Crippen molar-refractivity contribution < 1.29 is 4.79 Å². The molecule has 6 nitrogen and oxygen atoms in total. The minimum Gasteiger partial charge on any atom is -0.351 e. The highest BCUT2D eigenvalue weighted by molar-refractivity contribution is 5.72. The topological polar surface area (TPSA) is 90.2 Å². The first-order valence-corrected chi connectivity index (χ1v) is 4.49. The summed E-state index contributed by atoms with van der Waals surface area (Å²) < 4.78 is 1.90. The molecular weight excluding hydrogens is 182 g/mol. The Morgan fingerprint density at radius 2 is 2.43 bits per heavy atom. The van der Waals surface area contributed by atoms with Crippen LogP contribution in [0, 0.1) is 0 Å². The molecule has 2 amide bonds. The van der Waals surface area contributed by atoms with Gasteiger partial charge >= 0.3 is 6.03 Å². The first-order valence-electron chi connectivity index (χ1n) is 4.49. The Labute approximate surface area is 81.5 Å². The first-order chi connectivity index (χ1) is 6.72. The lowest BCUT2D eigenvalue weighted by molar-refractivity contribution is 0.201. The molecule has 0 atom stereocenters. The number of hydrogen-bond donors (Lipinski definition) is 2. The Bertz CT molecular complexity index is 359. The molecule has 0 aliphatic carbocycles. The van der Waals surface area contributed by atoms with E-state index in [0.29, 0.717) is 19.8 Å². The molecule has 1 aromatic rings. The van der Waals surface area contributed by atoms with Crippen molar-refractivity contribution in [3.63, 3.8) is 0 Å². The number of nitrogens with zero attached hydrogens (tertiary/aromatic N) is 3. The molecule has 4 N–H and O–H groups in total. The molecular formula is C8H13N5O. The number of urea groups is 1. The van der Waals surface area contributed by atoms with E-state index < -0.39 is 6.03 Å². The monoisotopic (exact) mass is 195 g/mol. The fraction of sp³-hybridized carbons (Fsp3) is 0.500. The Balaban J connectivity index is 2.24. The van der Waals surface area contributed by atoms with E-state index in [1.807, 2.05) is 4.57 Å². The molecule has 0 saturated heterocycles. The highest BCUT2D eigenvalue weighted by Gasteiger charge is 2.22. The summed E-state index contributed by atoms with van der Waals surface area (Å²) in [5, 5.41) is 0. The molecule has 2 rings (SSSR count). The Kier molecular flexibility index (Phi) is 2.12. The van der Waals surface area contributed by atoms with Crippen LogP contribution in [0.2, 0.25) is 0 Å². The largest absolute Gasteiger partial charge is 0.351 e. The molecule has 1 aromatic heterocycles. The Hall–Kier alpha value is -1.56. The van der Waals surface area contributed by atoms with Crippen molar-refractivity contribution in [2.45, 2.75) is 19.6 Å². The number of amides is 2. The molecule has 6 heteroatoms. The maximum absolute atomic E-state index is 10.9. The second-order valence-electron chi connectivity index (χ2n) is 3.30. The van der Waals surface area contributed by atoms with Crippen LogP contribution in [-0.4, -0.2) is 27.0 Å². The number of nitrogens with two attached hydrogens (primary N) is 2. The Morgan fingerprint density at radius 1 is 1.64 bits per heavy atom. The Morgan fingerprint density at radius 3 is 3.07 bits per heavy atom. The maximum Gasteiger partial charge on any atom is 0.315 e. The quantitative estimate of drug-likeness (QED) is 0.617. The average Bonchev–Trinajstić information content (AvgIpc) is 2.59. The van der Waals surface area contributed by atoms with Crippen molar-refractivity contribution in [3.05, 3.63) is 17.7 Å². The molecule has 2 heterocycles.